The summed E-state index contributed by atoms with van der Waals surface area (Å²) in [6.07, 6.45) is 0. The molecule has 3 nitrogen and oxygen atoms in total. The molecule has 0 fully saturated rings. The first-order chi connectivity index (χ1) is 9.70. The molecule has 20 heavy (non-hydrogen) atoms. The molecule has 0 aliphatic carbocycles. The Morgan fingerprint density at radius 3 is 2.70 bits per heavy atom. The van der Waals surface area contributed by atoms with Crippen molar-refractivity contribution in [3.8, 4) is 5.75 Å². The zero-order valence-electron chi connectivity index (χ0n) is 11.0. The number of nitrogens with two attached hydrogens (primary N) is 1. The quantitative estimate of drug-likeness (QED) is 0.791. The standard InChI is InChI=1S/C16H14FNO2/c1-19-13-8-4-6-11(15(13)17)16(18)14-9-10-5-2-3-7-12(10)20-14/h2-9,16H,18H2,1H3. The molecule has 0 saturated carbocycles. The fraction of sp³-hybridized carbons (Fsp3) is 0.125. The van der Waals surface area contributed by atoms with Crippen LogP contribution in [-0.2, 0) is 0 Å². The molecule has 0 saturated heterocycles. The number of hydrogen-bond acceptors (Lipinski definition) is 3. The molecule has 0 spiro atoms. The molecular formula is C16H14FNO2. The summed E-state index contributed by atoms with van der Waals surface area (Å²) in [6, 6.07) is 13.6. The maximum absolute atomic E-state index is 14.2. The van der Waals surface area contributed by atoms with Crippen LogP contribution in [0.2, 0.25) is 0 Å². The summed E-state index contributed by atoms with van der Waals surface area (Å²) in [5.41, 5.74) is 7.20. The highest BCUT2D eigenvalue weighted by atomic mass is 19.1. The molecule has 0 aliphatic rings. The zero-order chi connectivity index (χ0) is 14.1. The largest absolute Gasteiger partial charge is 0.494 e. The van der Waals surface area contributed by atoms with Crippen LogP contribution < -0.4 is 10.5 Å². The second kappa shape index (κ2) is 4.98. The van der Waals surface area contributed by atoms with Crippen LogP contribution in [0.4, 0.5) is 4.39 Å². The molecule has 2 aromatic carbocycles. The number of furan rings is 1. The Balaban J connectivity index is 2.05. The fourth-order valence-corrected chi connectivity index (χ4v) is 2.23. The summed E-state index contributed by atoms with van der Waals surface area (Å²) in [6.45, 7) is 0. The van der Waals surface area contributed by atoms with E-state index in [1.807, 2.05) is 30.3 Å². The molecule has 4 heteroatoms. The Hall–Kier alpha value is -2.33. The molecule has 0 bridgehead atoms. The van der Waals surface area contributed by atoms with E-state index in [4.69, 9.17) is 14.9 Å². The van der Waals surface area contributed by atoms with Gasteiger partial charge in [-0.25, -0.2) is 4.39 Å². The summed E-state index contributed by atoms with van der Waals surface area (Å²) in [5.74, 6) is 0.246. The minimum absolute atomic E-state index is 0.175. The van der Waals surface area contributed by atoms with Crippen LogP contribution in [0.15, 0.2) is 52.9 Å². The van der Waals surface area contributed by atoms with E-state index >= 15 is 0 Å². The molecule has 3 aromatic rings. The molecule has 1 atom stereocenters. The topological polar surface area (TPSA) is 48.4 Å². The predicted octanol–water partition coefficient (Wildman–Crippen LogP) is 3.63. The number of rotatable bonds is 3. The van der Waals surface area contributed by atoms with E-state index in [1.54, 1.807) is 18.2 Å². The molecular weight excluding hydrogens is 257 g/mol. The highest BCUT2D eigenvalue weighted by molar-refractivity contribution is 5.77. The number of halogens is 1. The van der Waals surface area contributed by atoms with Gasteiger partial charge in [0.05, 0.1) is 13.2 Å². The number of benzene rings is 2. The van der Waals surface area contributed by atoms with Crippen LogP contribution in [0.5, 0.6) is 5.75 Å². The van der Waals surface area contributed by atoms with E-state index in [-0.39, 0.29) is 5.75 Å². The van der Waals surface area contributed by atoms with E-state index in [0.29, 0.717) is 11.3 Å². The Morgan fingerprint density at radius 2 is 1.95 bits per heavy atom. The summed E-state index contributed by atoms with van der Waals surface area (Å²) in [7, 11) is 1.43. The maximum Gasteiger partial charge on any atom is 0.170 e. The molecule has 3 rings (SSSR count). The smallest absolute Gasteiger partial charge is 0.170 e. The van der Waals surface area contributed by atoms with Crippen LogP contribution in [0.3, 0.4) is 0 Å². The van der Waals surface area contributed by atoms with E-state index in [1.165, 1.54) is 7.11 Å². The minimum Gasteiger partial charge on any atom is -0.494 e. The molecule has 2 N–H and O–H groups in total. The summed E-state index contributed by atoms with van der Waals surface area (Å²) < 4.78 is 24.9. The molecule has 1 unspecified atom stereocenters. The van der Waals surface area contributed by atoms with Gasteiger partial charge in [-0.3, -0.25) is 0 Å². The lowest BCUT2D eigenvalue weighted by Crippen LogP contribution is -2.13. The van der Waals surface area contributed by atoms with Crippen molar-refractivity contribution < 1.29 is 13.5 Å². The lowest BCUT2D eigenvalue weighted by Gasteiger charge is -2.12. The van der Waals surface area contributed by atoms with Gasteiger partial charge in [-0.05, 0) is 18.2 Å². The predicted molar refractivity (Wildman–Crippen MR) is 75.2 cm³/mol. The highest BCUT2D eigenvalue weighted by Crippen LogP contribution is 2.30. The summed E-state index contributed by atoms with van der Waals surface area (Å²) >= 11 is 0. The van der Waals surface area contributed by atoms with Crippen LogP contribution >= 0.6 is 0 Å². The first-order valence-electron chi connectivity index (χ1n) is 6.27. The average Bonchev–Trinajstić information content (AvgIpc) is 2.90. The van der Waals surface area contributed by atoms with Crippen LogP contribution in [0.25, 0.3) is 11.0 Å². The normalized spacial score (nSPS) is 12.6. The molecule has 1 heterocycles. The van der Waals surface area contributed by atoms with E-state index < -0.39 is 11.9 Å². The number of ether oxygens (including phenoxy) is 1. The number of hydrogen-bond donors (Lipinski definition) is 1. The van der Waals surface area contributed by atoms with Crippen molar-refractivity contribution in [3.05, 3.63) is 65.7 Å². The monoisotopic (exact) mass is 271 g/mol. The van der Waals surface area contributed by atoms with E-state index in [0.717, 1.165) is 11.0 Å². The fourth-order valence-electron chi connectivity index (χ4n) is 2.23. The first kappa shape index (κ1) is 12.7. The van der Waals surface area contributed by atoms with E-state index in [9.17, 15) is 4.39 Å². The van der Waals surface area contributed by atoms with Crippen molar-refractivity contribution >= 4 is 11.0 Å². The lowest BCUT2D eigenvalue weighted by atomic mass is 10.0. The molecule has 102 valence electrons. The third-order valence-electron chi connectivity index (χ3n) is 3.30. The molecule has 1 aromatic heterocycles. The first-order valence-corrected chi connectivity index (χ1v) is 6.27. The van der Waals surface area contributed by atoms with Crippen molar-refractivity contribution in [2.45, 2.75) is 6.04 Å². The van der Waals surface area contributed by atoms with Gasteiger partial charge in [0.2, 0.25) is 0 Å². The van der Waals surface area contributed by atoms with Gasteiger partial charge in [0.15, 0.2) is 11.6 Å². The van der Waals surface area contributed by atoms with Crippen LogP contribution in [0, 0.1) is 5.82 Å². The Kier molecular flexibility index (Phi) is 3.16. The van der Waals surface area contributed by atoms with Gasteiger partial charge in [0.25, 0.3) is 0 Å². The SMILES string of the molecule is COc1cccc(C(N)c2cc3ccccc3o2)c1F. The third kappa shape index (κ3) is 2.04. The van der Waals surface area contributed by atoms with Crippen molar-refractivity contribution in [2.24, 2.45) is 5.73 Å². The second-order valence-electron chi connectivity index (χ2n) is 4.53. The third-order valence-corrected chi connectivity index (χ3v) is 3.30. The van der Waals surface area contributed by atoms with Crippen molar-refractivity contribution in [1.82, 2.24) is 0 Å². The van der Waals surface area contributed by atoms with Crippen molar-refractivity contribution in [1.29, 1.82) is 0 Å². The Bertz CT molecular complexity index is 718. The average molecular weight is 271 g/mol. The van der Waals surface area contributed by atoms with Crippen molar-refractivity contribution in [2.75, 3.05) is 7.11 Å². The number of para-hydroxylation sites is 1. The molecule has 0 radical (unpaired) electrons. The second-order valence-corrected chi connectivity index (χ2v) is 4.53. The van der Waals surface area contributed by atoms with Gasteiger partial charge in [0.1, 0.15) is 11.3 Å². The van der Waals surface area contributed by atoms with Gasteiger partial charge < -0.3 is 14.9 Å². The van der Waals surface area contributed by atoms with E-state index in [2.05, 4.69) is 0 Å². The summed E-state index contributed by atoms with van der Waals surface area (Å²) in [4.78, 5) is 0. The Labute approximate surface area is 115 Å². The number of fused-ring (bicyclic) bond motifs is 1. The van der Waals surface area contributed by atoms with Crippen LogP contribution in [-0.4, -0.2) is 7.11 Å². The van der Waals surface area contributed by atoms with Gasteiger partial charge in [-0.2, -0.15) is 0 Å². The Morgan fingerprint density at radius 1 is 1.15 bits per heavy atom. The van der Waals surface area contributed by atoms with Gasteiger partial charge in [-0.1, -0.05) is 30.3 Å². The van der Waals surface area contributed by atoms with Crippen LogP contribution in [0.1, 0.15) is 17.4 Å². The minimum atomic E-state index is -0.669. The summed E-state index contributed by atoms with van der Waals surface area (Å²) in [5, 5.41) is 0.946. The highest BCUT2D eigenvalue weighted by Gasteiger charge is 2.19. The molecule has 0 amide bonds. The van der Waals surface area contributed by atoms with Gasteiger partial charge >= 0.3 is 0 Å². The van der Waals surface area contributed by atoms with Gasteiger partial charge in [0, 0.05) is 10.9 Å². The maximum atomic E-state index is 14.2. The number of methoxy groups -OCH3 is 1. The van der Waals surface area contributed by atoms with Gasteiger partial charge in [-0.15, -0.1) is 0 Å². The lowest BCUT2D eigenvalue weighted by molar-refractivity contribution is 0.382. The zero-order valence-corrected chi connectivity index (χ0v) is 11.0. The molecule has 0 aliphatic heterocycles. The van der Waals surface area contributed by atoms with Crippen molar-refractivity contribution in [3.63, 3.8) is 0 Å².